The summed E-state index contributed by atoms with van der Waals surface area (Å²) in [7, 11) is 4.04. The number of nitrogens with zero attached hydrogens (tertiary/aromatic N) is 2. The Hall–Kier alpha value is -1.82. The number of benzene rings is 1. The Balaban J connectivity index is 2.92. The molecule has 0 fully saturated rings. The molecule has 0 radical (unpaired) electrons. The highest BCUT2D eigenvalue weighted by Crippen LogP contribution is 2.31. The molecule has 21 heavy (non-hydrogen) atoms. The van der Waals surface area contributed by atoms with Crippen LogP contribution in [0.15, 0.2) is 18.2 Å². The van der Waals surface area contributed by atoms with Crippen molar-refractivity contribution in [3.05, 3.63) is 28.3 Å². The molecule has 0 aromatic heterocycles. The third-order valence-corrected chi connectivity index (χ3v) is 3.45. The number of nitro groups is 1. The number of ether oxygens (including phenoxy) is 1. The van der Waals surface area contributed by atoms with E-state index >= 15 is 0 Å². The zero-order chi connectivity index (χ0) is 16.2. The number of anilines is 1. The van der Waals surface area contributed by atoms with E-state index in [0.29, 0.717) is 5.75 Å². The summed E-state index contributed by atoms with van der Waals surface area (Å²) in [4.78, 5) is 12.7. The Bertz CT molecular complexity index is 499. The van der Waals surface area contributed by atoms with Crippen LogP contribution in [0.2, 0.25) is 0 Å². The Kier molecular flexibility index (Phi) is 5.54. The van der Waals surface area contributed by atoms with E-state index in [9.17, 15) is 10.1 Å². The fraction of sp³-hybridized carbons (Fsp3) is 0.600. The molecule has 6 heteroatoms. The van der Waals surface area contributed by atoms with E-state index in [1.165, 1.54) is 6.07 Å². The fourth-order valence-corrected chi connectivity index (χ4v) is 1.60. The highest BCUT2D eigenvalue weighted by molar-refractivity contribution is 5.58. The van der Waals surface area contributed by atoms with Gasteiger partial charge < -0.3 is 15.0 Å². The van der Waals surface area contributed by atoms with Crippen molar-refractivity contribution in [3.63, 3.8) is 0 Å². The minimum absolute atomic E-state index is 0.0129. The second-order valence-electron chi connectivity index (χ2n) is 6.17. The lowest BCUT2D eigenvalue weighted by Gasteiger charge is -2.33. The molecule has 0 spiro atoms. The van der Waals surface area contributed by atoms with Crippen molar-refractivity contribution in [2.24, 2.45) is 0 Å². The Labute approximate surface area is 126 Å². The monoisotopic (exact) mass is 295 g/mol. The predicted octanol–water partition coefficient (Wildman–Crippen LogP) is 3.13. The van der Waals surface area contributed by atoms with Gasteiger partial charge in [-0.3, -0.25) is 10.1 Å². The number of hydrogen-bond acceptors (Lipinski definition) is 5. The number of hydrogen-bond donors (Lipinski definition) is 1. The Morgan fingerprint density at radius 2 is 2.00 bits per heavy atom. The van der Waals surface area contributed by atoms with Crippen molar-refractivity contribution in [3.8, 4) is 5.75 Å². The van der Waals surface area contributed by atoms with Crippen LogP contribution in [0.1, 0.15) is 27.7 Å². The van der Waals surface area contributed by atoms with Crippen molar-refractivity contribution < 1.29 is 9.66 Å². The third kappa shape index (κ3) is 4.90. The number of nitrogens with one attached hydrogen (secondary N) is 1. The molecule has 0 aliphatic heterocycles. The summed E-state index contributed by atoms with van der Waals surface area (Å²) in [6.45, 7) is 8.66. The lowest BCUT2D eigenvalue weighted by Crippen LogP contribution is -2.44. The van der Waals surface area contributed by atoms with Gasteiger partial charge in [0.25, 0.3) is 0 Å². The van der Waals surface area contributed by atoms with Crippen LogP contribution in [0.4, 0.5) is 11.4 Å². The average Bonchev–Trinajstić information content (AvgIpc) is 2.35. The van der Waals surface area contributed by atoms with Crippen LogP contribution < -0.4 is 10.1 Å². The first kappa shape index (κ1) is 17.2. The summed E-state index contributed by atoms with van der Waals surface area (Å²) in [6.07, 6.45) is -0.114. The minimum atomic E-state index is -0.425. The number of rotatable bonds is 7. The summed E-state index contributed by atoms with van der Waals surface area (Å²) in [5.41, 5.74) is 0.771. The summed E-state index contributed by atoms with van der Waals surface area (Å²) >= 11 is 0. The first-order valence-electron chi connectivity index (χ1n) is 7.00. The first-order chi connectivity index (χ1) is 9.63. The molecular formula is C15H25N3O3. The third-order valence-electron chi connectivity index (χ3n) is 3.45. The van der Waals surface area contributed by atoms with Crippen molar-refractivity contribution >= 4 is 11.4 Å². The second-order valence-corrected chi connectivity index (χ2v) is 6.17. The summed E-state index contributed by atoms with van der Waals surface area (Å²) in [6, 6.07) is 4.86. The molecule has 0 aliphatic rings. The molecular weight excluding hydrogens is 270 g/mol. The van der Waals surface area contributed by atoms with Gasteiger partial charge in [0.2, 0.25) is 0 Å². The van der Waals surface area contributed by atoms with Gasteiger partial charge in [-0.15, -0.1) is 0 Å². The van der Waals surface area contributed by atoms with E-state index in [4.69, 9.17) is 4.74 Å². The van der Waals surface area contributed by atoms with Gasteiger partial charge in [-0.05, 0) is 47.9 Å². The van der Waals surface area contributed by atoms with Crippen LogP contribution in [0.5, 0.6) is 5.75 Å². The quantitative estimate of drug-likeness (QED) is 0.618. The van der Waals surface area contributed by atoms with Gasteiger partial charge in [-0.2, -0.15) is 0 Å². The standard InChI is InChI=1S/C15H25N3O3/c1-11(2)21-14-9-12(7-8-13(14)18(19)20)16-10-15(3,4)17(5)6/h7-9,11,16H,10H2,1-6H3. The molecule has 1 aromatic rings. The largest absolute Gasteiger partial charge is 0.484 e. The van der Waals surface area contributed by atoms with Crippen LogP contribution >= 0.6 is 0 Å². The van der Waals surface area contributed by atoms with Crippen molar-refractivity contribution in [2.45, 2.75) is 39.3 Å². The minimum Gasteiger partial charge on any atom is -0.484 e. The lowest BCUT2D eigenvalue weighted by molar-refractivity contribution is -0.386. The van der Waals surface area contributed by atoms with E-state index in [1.807, 2.05) is 27.9 Å². The molecule has 0 amide bonds. The summed E-state index contributed by atoms with van der Waals surface area (Å²) in [5.74, 6) is 0.294. The molecule has 0 unspecified atom stereocenters. The Morgan fingerprint density at radius 3 is 2.48 bits per heavy atom. The van der Waals surface area contributed by atoms with Crippen LogP contribution in [0.3, 0.4) is 0 Å². The molecule has 0 atom stereocenters. The molecule has 1 rings (SSSR count). The van der Waals surface area contributed by atoms with Crippen molar-refractivity contribution in [2.75, 3.05) is 26.0 Å². The van der Waals surface area contributed by atoms with Crippen LogP contribution in [0, 0.1) is 10.1 Å². The molecule has 118 valence electrons. The molecule has 1 aromatic carbocycles. The van der Waals surface area contributed by atoms with E-state index in [2.05, 4.69) is 24.1 Å². The molecule has 0 saturated carbocycles. The summed E-state index contributed by atoms with van der Waals surface area (Å²) in [5, 5.41) is 14.3. The summed E-state index contributed by atoms with van der Waals surface area (Å²) < 4.78 is 5.53. The lowest BCUT2D eigenvalue weighted by atomic mass is 10.0. The van der Waals surface area contributed by atoms with Gasteiger partial charge in [0, 0.05) is 29.9 Å². The van der Waals surface area contributed by atoms with E-state index in [0.717, 1.165) is 12.2 Å². The predicted molar refractivity (Wildman–Crippen MR) is 85.1 cm³/mol. The molecule has 6 nitrogen and oxygen atoms in total. The SMILES string of the molecule is CC(C)Oc1cc(NCC(C)(C)N(C)C)ccc1[N+](=O)[O-]. The molecule has 0 saturated heterocycles. The van der Waals surface area contributed by atoms with Crippen LogP contribution in [0.25, 0.3) is 0 Å². The maximum absolute atomic E-state index is 11.0. The maximum Gasteiger partial charge on any atom is 0.311 e. The fourth-order valence-electron chi connectivity index (χ4n) is 1.60. The molecule has 1 N–H and O–H groups in total. The van der Waals surface area contributed by atoms with Crippen LogP contribution in [-0.2, 0) is 0 Å². The normalized spacial score (nSPS) is 11.8. The number of likely N-dealkylation sites (N-methyl/N-ethyl adjacent to an activating group) is 1. The zero-order valence-electron chi connectivity index (χ0n) is 13.6. The van der Waals surface area contributed by atoms with Gasteiger partial charge >= 0.3 is 5.69 Å². The Morgan fingerprint density at radius 1 is 1.38 bits per heavy atom. The zero-order valence-corrected chi connectivity index (χ0v) is 13.6. The highest BCUT2D eigenvalue weighted by Gasteiger charge is 2.21. The smallest absolute Gasteiger partial charge is 0.311 e. The molecule has 0 bridgehead atoms. The van der Waals surface area contributed by atoms with Crippen molar-refractivity contribution in [1.29, 1.82) is 0 Å². The van der Waals surface area contributed by atoms with Gasteiger partial charge in [0.15, 0.2) is 5.75 Å². The van der Waals surface area contributed by atoms with Gasteiger partial charge in [0.1, 0.15) is 0 Å². The van der Waals surface area contributed by atoms with Crippen molar-refractivity contribution in [1.82, 2.24) is 4.90 Å². The van der Waals surface area contributed by atoms with E-state index in [-0.39, 0.29) is 17.3 Å². The molecule has 0 heterocycles. The van der Waals surface area contributed by atoms with Crippen LogP contribution in [-0.4, -0.2) is 42.1 Å². The van der Waals surface area contributed by atoms with Gasteiger partial charge in [-0.1, -0.05) is 0 Å². The first-order valence-corrected chi connectivity index (χ1v) is 7.00. The molecule has 0 aliphatic carbocycles. The number of nitro benzene ring substituents is 1. The van der Waals surface area contributed by atoms with Gasteiger partial charge in [-0.25, -0.2) is 0 Å². The highest BCUT2D eigenvalue weighted by atomic mass is 16.6. The maximum atomic E-state index is 11.0. The van der Waals surface area contributed by atoms with Gasteiger partial charge in [0.05, 0.1) is 11.0 Å². The topological polar surface area (TPSA) is 67.6 Å². The average molecular weight is 295 g/mol. The second kappa shape index (κ2) is 6.76. The van der Waals surface area contributed by atoms with E-state index in [1.54, 1.807) is 12.1 Å². The van der Waals surface area contributed by atoms with E-state index < -0.39 is 4.92 Å².